The topological polar surface area (TPSA) is 84.2 Å². The molecule has 3 amide bonds. The van der Waals surface area contributed by atoms with E-state index in [2.05, 4.69) is 16.4 Å². The standard InChI is InChI=1S/C14H16N2O2.2C2H6.CH5N/c1-3-8-12(4-2)15-14(18)16-13(17)11-9-6-5-7-10-11;3*1-2/h3-10H,1-2H3,(H2,15,16,17,18);2*1-2H3;2H2,1H3/b8-3-,12-4+;;;. The van der Waals surface area contributed by atoms with Crippen LogP contribution in [0.5, 0.6) is 0 Å². The summed E-state index contributed by atoms with van der Waals surface area (Å²) >= 11 is 0. The molecule has 5 nitrogen and oxygen atoms in total. The predicted molar refractivity (Wildman–Crippen MR) is 104 cm³/mol. The van der Waals surface area contributed by atoms with Crippen LogP contribution in [0.25, 0.3) is 0 Å². The van der Waals surface area contributed by atoms with Gasteiger partial charge in [0.25, 0.3) is 5.91 Å². The van der Waals surface area contributed by atoms with Gasteiger partial charge in [-0.2, -0.15) is 0 Å². The van der Waals surface area contributed by atoms with Gasteiger partial charge in [-0.05, 0) is 39.1 Å². The number of carbonyl (C=O) groups excluding carboxylic acids is 2. The first-order valence-electron chi connectivity index (χ1n) is 8.21. The molecule has 0 heterocycles. The van der Waals surface area contributed by atoms with Gasteiger partial charge in [-0.1, -0.05) is 58.0 Å². The van der Waals surface area contributed by atoms with Crippen LogP contribution in [0.15, 0.2) is 54.3 Å². The normalized spacial score (nSPS) is 9.25. The van der Waals surface area contributed by atoms with E-state index in [-0.39, 0.29) is 0 Å². The summed E-state index contributed by atoms with van der Waals surface area (Å²) < 4.78 is 0. The van der Waals surface area contributed by atoms with Gasteiger partial charge in [0, 0.05) is 11.3 Å². The smallest absolute Gasteiger partial charge is 0.326 e. The Hall–Kier alpha value is -2.40. The molecule has 0 unspecified atom stereocenters. The monoisotopic (exact) mass is 335 g/mol. The number of hydrogen-bond donors (Lipinski definition) is 3. The molecule has 0 aromatic heterocycles. The minimum Gasteiger partial charge on any atom is -0.333 e. The van der Waals surface area contributed by atoms with Crippen LogP contribution in [0.3, 0.4) is 0 Å². The predicted octanol–water partition coefficient (Wildman–Crippen LogP) is 4.23. The number of rotatable bonds is 3. The van der Waals surface area contributed by atoms with Crippen molar-refractivity contribution in [2.24, 2.45) is 5.73 Å². The summed E-state index contributed by atoms with van der Waals surface area (Å²) in [5.41, 5.74) is 5.58. The highest BCUT2D eigenvalue weighted by atomic mass is 16.2. The number of urea groups is 1. The Balaban J connectivity index is -0.000000659. The van der Waals surface area contributed by atoms with E-state index < -0.39 is 11.9 Å². The molecular formula is C19H33N3O2. The van der Waals surface area contributed by atoms with Crippen LogP contribution in [0.4, 0.5) is 4.79 Å². The number of carbonyl (C=O) groups is 2. The maximum absolute atomic E-state index is 11.7. The van der Waals surface area contributed by atoms with Crippen LogP contribution in [-0.2, 0) is 0 Å². The summed E-state index contributed by atoms with van der Waals surface area (Å²) in [6.45, 7) is 11.6. The average Bonchev–Trinajstić information content (AvgIpc) is 2.67. The quantitative estimate of drug-likeness (QED) is 0.723. The van der Waals surface area contributed by atoms with E-state index >= 15 is 0 Å². The summed E-state index contributed by atoms with van der Waals surface area (Å²) in [5.74, 6) is -0.427. The number of imide groups is 1. The van der Waals surface area contributed by atoms with Gasteiger partial charge in [0.1, 0.15) is 0 Å². The Labute approximate surface area is 147 Å². The van der Waals surface area contributed by atoms with Gasteiger partial charge in [0.15, 0.2) is 0 Å². The van der Waals surface area contributed by atoms with Crippen molar-refractivity contribution in [2.45, 2.75) is 41.5 Å². The van der Waals surface area contributed by atoms with Crippen molar-refractivity contribution in [3.63, 3.8) is 0 Å². The van der Waals surface area contributed by atoms with Gasteiger partial charge >= 0.3 is 6.03 Å². The number of amides is 3. The first-order valence-corrected chi connectivity index (χ1v) is 8.21. The highest BCUT2D eigenvalue weighted by molar-refractivity contribution is 6.04. The lowest BCUT2D eigenvalue weighted by molar-refractivity contribution is 0.0964. The lowest BCUT2D eigenvalue weighted by Crippen LogP contribution is -2.38. The third-order valence-corrected chi connectivity index (χ3v) is 2.18. The van der Waals surface area contributed by atoms with Crippen molar-refractivity contribution >= 4 is 11.9 Å². The molecule has 0 saturated heterocycles. The molecule has 0 atom stereocenters. The molecule has 0 bridgehead atoms. The lowest BCUT2D eigenvalue weighted by atomic mass is 10.2. The number of nitrogens with two attached hydrogens (primary N) is 1. The van der Waals surface area contributed by atoms with Crippen molar-refractivity contribution < 1.29 is 9.59 Å². The molecule has 0 aliphatic rings. The minimum absolute atomic E-state index is 0.427. The molecular weight excluding hydrogens is 302 g/mol. The molecule has 136 valence electrons. The Morgan fingerprint density at radius 3 is 1.83 bits per heavy atom. The van der Waals surface area contributed by atoms with Gasteiger partial charge in [-0.15, -0.1) is 0 Å². The van der Waals surface area contributed by atoms with Crippen LogP contribution in [0, 0.1) is 0 Å². The summed E-state index contributed by atoms with van der Waals surface area (Å²) in [5, 5.41) is 4.83. The van der Waals surface area contributed by atoms with E-state index in [1.807, 2.05) is 34.6 Å². The summed E-state index contributed by atoms with van der Waals surface area (Å²) in [6.07, 6.45) is 5.29. The number of benzene rings is 1. The SMILES string of the molecule is C/C=C\C(=C/C)NC(=O)NC(=O)c1ccccc1.CC.CC.CN. The third-order valence-electron chi connectivity index (χ3n) is 2.18. The molecule has 24 heavy (non-hydrogen) atoms. The highest BCUT2D eigenvalue weighted by Crippen LogP contribution is 1.98. The fourth-order valence-electron chi connectivity index (χ4n) is 1.32. The largest absolute Gasteiger partial charge is 0.333 e. The van der Waals surface area contributed by atoms with E-state index in [0.717, 1.165) is 0 Å². The highest BCUT2D eigenvalue weighted by Gasteiger charge is 2.09. The van der Waals surface area contributed by atoms with Gasteiger partial charge in [-0.25, -0.2) is 4.79 Å². The summed E-state index contributed by atoms with van der Waals surface area (Å²) in [6, 6.07) is 8.03. The molecule has 5 heteroatoms. The van der Waals surface area contributed by atoms with Gasteiger partial charge in [-0.3, -0.25) is 10.1 Å². The second kappa shape index (κ2) is 20.6. The maximum Gasteiger partial charge on any atom is 0.326 e. The molecule has 1 aromatic carbocycles. The van der Waals surface area contributed by atoms with Crippen LogP contribution >= 0.6 is 0 Å². The van der Waals surface area contributed by atoms with E-state index in [4.69, 9.17) is 0 Å². The van der Waals surface area contributed by atoms with Crippen LogP contribution < -0.4 is 16.4 Å². The minimum atomic E-state index is -0.546. The number of nitrogens with one attached hydrogen (secondary N) is 2. The molecule has 0 radical (unpaired) electrons. The maximum atomic E-state index is 11.7. The van der Waals surface area contributed by atoms with Gasteiger partial charge in [0.05, 0.1) is 0 Å². The molecule has 0 aliphatic carbocycles. The van der Waals surface area contributed by atoms with Crippen molar-refractivity contribution in [2.75, 3.05) is 7.05 Å². The van der Waals surface area contributed by atoms with Crippen molar-refractivity contribution in [1.29, 1.82) is 0 Å². The number of allylic oxidation sites excluding steroid dienone is 3. The zero-order valence-electron chi connectivity index (χ0n) is 16.0. The first-order chi connectivity index (χ1) is 11.7. The molecule has 0 fully saturated rings. The fraction of sp³-hybridized carbons (Fsp3) is 0.368. The Morgan fingerprint density at radius 2 is 1.42 bits per heavy atom. The summed E-state index contributed by atoms with van der Waals surface area (Å²) in [7, 11) is 1.50. The Bertz CT molecular complexity index is 481. The molecule has 0 spiro atoms. The zero-order valence-corrected chi connectivity index (χ0v) is 16.0. The Morgan fingerprint density at radius 1 is 0.917 bits per heavy atom. The molecule has 1 rings (SSSR count). The molecule has 0 aliphatic heterocycles. The third kappa shape index (κ3) is 13.3. The Kier molecular flexibility index (Phi) is 22.7. The lowest BCUT2D eigenvalue weighted by Gasteiger charge is -2.07. The van der Waals surface area contributed by atoms with E-state index in [1.54, 1.807) is 55.5 Å². The van der Waals surface area contributed by atoms with E-state index in [9.17, 15) is 9.59 Å². The molecule has 0 saturated carbocycles. The van der Waals surface area contributed by atoms with Gasteiger partial charge in [0.2, 0.25) is 0 Å². The van der Waals surface area contributed by atoms with Crippen molar-refractivity contribution in [1.82, 2.24) is 10.6 Å². The second-order valence-corrected chi connectivity index (χ2v) is 3.52. The van der Waals surface area contributed by atoms with E-state index in [1.165, 1.54) is 7.05 Å². The summed E-state index contributed by atoms with van der Waals surface area (Å²) in [4.78, 5) is 23.2. The average molecular weight is 335 g/mol. The molecule has 4 N–H and O–H groups in total. The van der Waals surface area contributed by atoms with Crippen molar-refractivity contribution in [3.8, 4) is 0 Å². The first kappa shape index (κ1) is 26.5. The van der Waals surface area contributed by atoms with Crippen LogP contribution in [0.2, 0.25) is 0 Å². The fourth-order valence-corrected chi connectivity index (χ4v) is 1.32. The number of hydrogen-bond acceptors (Lipinski definition) is 3. The van der Waals surface area contributed by atoms with Gasteiger partial charge < -0.3 is 11.1 Å². The molecule has 1 aromatic rings. The van der Waals surface area contributed by atoms with Crippen LogP contribution in [-0.4, -0.2) is 19.0 Å². The zero-order chi connectivity index (χ0) is 19.4. The van der Waals surface area contributed by atoms with Crippen LogP contribution in [0.1, 0.15) is 51.9 Å². The van der Waals surface area contributed by atoms with Crippen molar-refractivity contribution in [3.05, 3.63) is 59.8 Å². The van der Waals surface area contributed by atoms with E-state index in [0.29, 0.717) is 11.3 Å². The second-order valence-electron chi connectivity index (χ2n) is 3.52.